The van der Waals surface area contributed by atoms with E-state index in [1.54, 1.807) is 36.9 Å². The highest BCUT2D eigenvalue weighted by Gasteiger charge is 2.16. The Hall–Kier alpha value is -4.33. The second kappa shape index (κ2) is 8.66. The summed E-state index contributed by atoms with van der Waals surface area (Å²) in [5.74, 6) is 0.653. The number of benzene rings is 1. The average Bonchev–Trinajstić information content (AvgIpc) is 3.45. The first-order valence-electron chi connectivity index (χ1n) is 10.6. The number of hydrogen-bond donors (Lipinski definition) is 1. The van der Waals surface area contributed by atoms with Crippen LogP contribution in [-0.2, 0) is 20.0 Å². The van der Waals surface area contributed by atoms with Gasteiger partial charge in [0.1, 0.15) is 11.5 Å². The van der Waals surface area contributed by atoms with Gasteiger partial charge in [-0.15, -0.1) is 0 Å². The molecule has 164 valence electrons. The highest BCUT2D eigenvalue weighted by atomic mass is 16.2. The minimum Gasteiger partial charge on any atom is -0.351 e. The van der Waals surface area contributed by atoms with Gasteiger partial charge in [0.05, 0.1) is 30.0 Å². The van der Waals surface area contributed by atoms with Crippen LogP contribution in [0.2, 0.25) is 0 Å². The molecule has 4 aromatic heterocycles. The summed E-state index contributed by atoms with van der Waals surface area (Å²) in [4.78, 5) is 35.4. The van der Waals surface area contributed by atoms with Crippen LogP contribution in [0.1, 0.15) is 27.6 Å². The number of nitrogens with zero attached hydrogens (tertiary/aromatic N) is 6. The molecule has 0 saturated carbocycles. The van der Waals surface area contributed by atoms with Crippen LogP contribution in [0.4, 0.5) is 0 Å². The van der Waals surface area contributed by atoms with Crippen molar-refractivity contribution in [1.82, 2.24) is 34.4 Å². The smallest absolute Gasteiger partial charge is 0.270 e. The molecule has 0 unspecified atom stereocenters. The van der Waals surface area contributed by atoms with Gasteiger partial charge in [-0.1, -0.05) is 12.1 Å². The number of fused-ring (bicyclic) bond motifs is 1. The van der Waals surface area contributed by atoms with E-state index in [9.17, 15) is 4.79 Å². The van der Waals surface area contributed by atoms with E-state index in [1.165, 1.54) is 0 Å². The van der Waals surface area contributed by atoms with Crippen LogP contribution in [-0.4, -0.2) is 47.3 Å². The van der Waals surface area contributed by atoms with Crippen LogP contribution in [0.15, 0.2) is 73.4 Å². The maximum absolute atomic E-state index is 12.9. The van der Waals surface area contributed by atoms with Gasteiger partial charge in [-0.3, -0.25) is 9.78 Å². The van der Waals surface area contributed by atoms with Crippen molar-refractivity contribution in [3.63, 3.8) is 0 Å². The fourth-order valence-electron chi connectivity index (χ4n) is 3.79. The largest absolute Gasteiger partial charge is 0.351 e. The Kier molecular flexibility index (Phi) is 5.40. The van der Waals surface area contributed by atoms with E-state index in [4.69, 9.17) is 0 Å². The lowest BCUT2D eigenvalue weighted by molar-refractivity contribution is 0.0777. The first-order chi connectivity index (χ1) is 16.1. The molecule has 1 N–H and O–H groups in total. The molecule has 0 fully saturated rings. The fraction of sp³-hybridized carbons (Fsp3) is 0.160. The lowest BCUT2D eigenvalue weighted by Crippen LogP contribution is -2.27. The van der Waals surface area contributed by atoms with E-state index in [-0.39, 0.29) is 5.91 Å². The number of carbonyl (C=O) groups is 1. The van der Waals surface area contributed by atoms with Crippen molar-refractivity contribution >= 4 is 16.8 Å². The third-order valence-corrected chi connectivity index (χ3v) is 5.57. The topological polar surface area (TPSA) is 92.6 Å². The first-order valence-corrected chi connectivity index (χ1v) is 10.6. The van der Waals surface area contributed by atoms with Crippen molar-refractivity contribution in [3.05, 3.63) is 96.2 Å². The SMILES string of the molecule is CN(Cc1cncn1C)C(=O)c1cc2cc(Cc3nccc(-c4ccccn4)n3)ccc2[nH]1. The fourth-order valence-corrected chi connectivity index (χ4v) is 3.79. The predicted octanol–water partition coefficient (Wildman–Crippen LogP) is 3.62. The number of H-pyrrole nitrogens is 1. The second-order valence-electron chi connectivity index (χ2n) is 8.01. The van der Waals surface area contributed by atoms with Crippen LogP contribution in [0.25, 0.3) is 22.3 Å². The maximum Gasteiger partial charge on any atom is 0.270 e. The molecule has 4 heterocycles. The molecule has 8 nitrogen and oxygen atoms in total. The maximum atomic E-state index is 12.9. The summed E-state index contributed by atoms with van der Waals surface area (Å²) >= 11 is 0. The summed E-state index contributed by atoms with van der Waals surface area (Å²) in [5.41, 5.74) is 5.13. The average molecular weight is 438 g/mol. The molecule has 1 amide bonds. The van der Waals surface area contributed by atoms with Gasteiger partial charge in [-0.05, 0) is 42.0 Å². The molecule has 1 aromatic carbocycles. The third kappa shape index (κ3) is 4.36. The number of carbonyl (C=O) groups excluding carboxylic acids is 1. The zero-order chi connectivity index (χ0) is 22.8. The van der Waals surface area contributed by atoms with E-state index in [1.807, 2.05) is 54.1 Å². The van der Waals surface area contributed by atoms with Gasteiger partial charge in [-0.2, -0.15) is 0 Å². The number of aryl methyl sites for hydroxylation is 1. The van der Waals surface area contributed by atoms with E-state index >= 15 is 0 Å². The van der Waals surface area contributed by atoms with Crippen molar-refractivity contribution in [2.24, 2.45) is 7.05 Å². The van der Waals surface area contributed by atoms with Crippen LogP contribution in [0, 0.1) is 0 Å². The number of hydrogen-bond acceptors (Lipinski definition) is 5. The molecule has 0 aliphatic rings. The first kappa shape index (κ1) is 20.6. The summed E-state index contributed by atoms with van der Waals surface area (Å²) in [6, 6.07) is 15.6. The number of imidazole rings is 1. The molecule has 0 aliphatic heterocycles. The van der Waals surface area contributed by atoms with Gasteiger partial charge < -0.3 is 14.5 Å². The Bertz CT molecular complexity index is 1420. The lowest BCUT2D eigenvalue weighted by atomic mass is 10.1. The Morgan fingerprint density at radius 2 is 1.97 bits per heavy atom. The monoisotopic (exact) mass is 437 g/mol. The quantitative estimate of drug-likeness (QED) is 0.438. The molecule has 33 heavy (non-hydrogen) atoms. The minimum atomic E-state index is -0.0691. The van der Waals surface area contributed by atoms with Crippen molar-refractivity contribution in [3.8, 4) is 11.4 Å². The Morgan fingerprint density at radius 1 is 1.06 bits per heavy atom. The van der Waals surface area contributed by atoms with E-state index in [0.29, 0.717) is 18.7 Å². The zero-order valence-corrected chi connectivity index (χ0v) is 18.4. The summed E-state index contributed by atoms with van der Waals surface area (Å²) < 4.78 is 1.91. The van der Waals surface area contributed by atoms with Gasteiger partial charge in [0.2, 0.25) is 0 Å². The molecule has 5 aromatic rings. The standard InChI is InChI=1S/C25H23N7O/c1-31(15-19-14-26-16-32(19)2)25(33)23-13-18-11-17(6-7-20(18)29-23)12-24-28-10-8-22(30-24)21-5-3-4-9-27-21/h3-11,13-14,16,29H,12,15H2,1-2H3. The minimum absolute atomic E-state index is 0.0691. The second-order valence-corrected chi connectivity index (χ2v) is 8.01. The van der Waals surface area contributed by atoms with Crippen LogP contribution < -0.4 is 0 Å². The van der Waals surface area contributed by atoms with E-state index in [2.05, 4.69) is 31.0 Å². The molecule has 0 spiro atoms. The van der Waals surface area contributed by atoms with Crippen LogP contribution in [0.3, 0.4) is 0 Å². The summed E-state index contributed by atoms with van der Waals surface area (Å²) in [6.45, 7) is 0.486. The Labute approximate surface area is 191 Å². The van der Waals surface area contributed by atoms with Crippen molar-refractivity contribution in [1.29, 1.82) is 0 Å². The molecule has 0 bridgehead atoms. The number of nitrogens with one attached hydrogen (secondary N) is 1. The molecule has 0 saturated heterocycles. The number of amides is 1. The summed E-state index contributed by atoms with van der Waals surface area (Å²) in [7, 11) is 3.71. The van der Waals surface area contributed by atoms with E-state index < -0.39 is 0 Å². The van der Waals surface area contributed by atoms with Crippen molar-refractivity contribution in [2.45, 2.75) is 13.0 Å². The predicted molar refractivity (Wildman–Crippen MR) is 125 cm³/mol. The summed E-state index contributed by atoms with van der Waals surface area (Å²) in [6.07, 6.45) is 7.60. The lowest BCUT2D eigenvalue weighted by Gasteiger charge is -2.16. The summed E-state index contributed by atoms with van der Waals surface area (Å²) in [5, 5.41) is 0.977. The molecule has 0 aliphatic carbocycles. The van der Waals surface area contributed by atoms with Gasteiger partial charge in [0, 0.05) is 50.0 Å². The Morgan fingerprint density at radius 3 is 2.76 bits per heavy atom. The number of aromatic amines is 1. The van der Waals surface area contributed by atoms with Gasteiger partial charge in [-0.25, -0.2) is 15.0 Å². The molecule has 0 atom stereocenters. The van der Waals surface area contributed by atoms with Crippen molar-refractivity contribution < 1.29 is 4.79 Å². The van der Waals surface area contributed by atoms with Crippen LogP contribution in [0.5, 0.6) is 0 Å². The molecule has 0 radical (unpaired) electrons. The van der Waals surface area contributed by atoms with Gasteiger partial charge in [0.15, 0.2) is 0 Å². The highest BCUT2D eigenvalue weighted by molar-refractivity contribution is 5.98. The number of aromatic nitrogens is 6. The normalized spacial score (nSPS) is 11.1. The van der Waals surface area contributed by atoms with Crippen LogP contribution >= 0.6 is 0 Å². The molecule has 5 rings (SSSR count). The van der Waals surface area contributed by atoms with E-state index in [0.717, 1.165) is 39.4 Å². The third-order valence-electron chi connectivity index (χ3n) is 5.57. The van der Waals surface area contributed by atoms with Gasteiger partial charge >= 0.3 is 0 Å². The molecular formula is C25H23N7O. The Balaban J connectivity index is 1.34. The number of rotatable bonds is 6. The number of pyridine rings is 1. The molecule has 8 heteroatoms. The van der Waals surface area contributed by atoms with Crippen molar-refractivity contribution in [2.75, 3.05) is 7.05 Å². The van der Waals surface area contributed by atoms with Gasteiger partial charge in [0.25, 0.3) is 5.91 Å². The zero-order valence-electron chi connectivity index (χ0n) is 18.4. The highest BCUT2D eigenvalue weighted by Crippen LogP contribution is 2.21. The molecular weight excluding hydrogens is 414 g/mol.